The first-order valence-corrected chi connectivity index (χ1v) is 4.91. The molecule has 0 fully saturated rings. The Bertz CT molecular complexity index is 514. The summed E-state index contributed by atoms with van der Waals surface area (Å²) in [6.45, 7) is 2.79. The summed E-state index contributed by atoms with van der Waals surface area (Å²) in [5, 5.41) is 0.923. The van der Waals surface area contributed by atoms with E-state index in [1.807, 2.05) is 31.2 Å². The molecule has 1 heterocycles. The van der Waals surface area contributed by atoms with Crippen molar-refractivity contribution >= 4 is 11.0 Å². The lowest BCUT2D eigenvalue weighted by Gasteiger charge is -2.01. The van der Waals surface area contributed by atoms with E-state index in [2.05, 4.69) is 0 Å². The molecule has 0 aliphatic rings. The van der Waals surface area contributed by atoms with E-state index in [1.54, 1.807) is 6.07 Å². The van der Waals surface area contributed by atoms with Crippen LogP contribution in [0.3, 0.4) is 0 Å². The summed E-state index contributed by atoms with van der Waals surface area (Å²) in [7, 11) is 0. The van der Waals surface area contributed by atoms with E-state index in [1.165, 1.54) is 0 Å². The SMILES string of the molecule is CCOCc1cc2ccccc2oc1=O. The highest BCUT2D eigenvalue weighted by atomic mass is 16.5. The van der Waals surface area contributed by atoms with Gasteiger partial charge in [0.1, 0.15) is 5.58 Å². The van der Waals surface area contributed by atoms with Crippen LogP contribution < -0.4 is 5.63 Å². The quantitative estimate of drug-likeness (QED) is 0.720. The van der Waals surface area contributed by atoms with Crippen molar-refractivity contribution in [2.24, 2.45) is 0 Å². The van der Waals surface area contributed by atoms with Gasteiger partial charge in [0.25, 0.3) is 0 Å². The molecule has 15 heavy (non-hydrogen) atoms. The normalized spacial score (nSPS) is 10.7. The van der Waals surface area contributed by atoms with Crippen LogP contribution in [0.2, 0.25) is 0 Å². The largest absolute Gasteiger partial charge is 0.422 e. The van der Waals surface area contributed by atoms with Crippen LogP contribution in [0, 0.1) is 0 Å². The van der Waals surface area contributed by atoms with Crippen LogP contribution in [0.15, 0.2) is 39.5 Å². The van der Waals surface area contributed by atoms with E-state index in [-0.39, 0.29) is 5.63 Å². The molecule has 2 rings (SSSR count). The van der Waals surface area contributed by atoms with E-state index >= 15 is 0 Å². The Balaban J connectivity index is 2.48. The van der Waals surface area contributed by atoms with Gasteiger partial charge in [0, 0.05) is 12.0 Å². The third kappa shape index (κ3) is 2.07. The molecule has 1 aromatic heterocycles. The predicted octanol–water partition coefficient (Wildman–Crippen LogP) is 2.33. The van der Waals surface area contributed by atoms with Crippen LogP contribution in [0.25, 0.3) is 11.0 Å². The summed E-state index contributed by atoms with van der Waals surface area (Å²) in [6.07, 6.45) is 0. The summed E-state index contributed by atoms with van der Waals surface area (Å²) < 4.78 is 10.3. The molecule has 0 aliphatic heterocycles. The van der Waals surface area contributed by atoms with E-state index in [0.29, 0.717) is 24.4 Å². The Labute approximate surface area is 87.3 Å². The first-order valence-electron chi connectivity index (χ1n) is 4.91. The van der Waals surface area contributed by atoms with Gasteiger partial charge in [0.05, 0.1) is 12.2 Å². The van der Waals surface area contributed by atoms with Crippen molar-refractivity contribution in [2.45, 2.75) is 13.5 Å². The first kappa shape index (κ1) is 9.93. The molecule has 0 saturated carbocycles. The van der Waals surface area contributed by atoms with Gasteiger partial charge in [-0.25, -0.2) is 4.79 Å². The molecule has 0 radical (unpaired) electrons. The maximum atomic E-state index is 11.5. The van der Waals surface area contributed by atoms with E-state index in [0.717, 1.165) is 5.39 Å². The lowest BCUT2D eigenvalue weighted by Crippen LogP contribution is -2.08. The number of rotatable bonds is 3. The molecule has 0 aliphatic carbocycles. The molecule has 1 aromatic carbocycles. The summed E-state index contributed by atoms with van der Waals surface area (Å²) in [5.74, 6) is 0. The van der Waals surface area contributed by atoms with E-state index < -0.39 is 0 Å². The molecule has 3 nitrogen and oxygen atoms in total. The Morgan fingerprint density at radius 2 is 2.13 bits per heavy atom. The van der Waals surface area contributed by atoms with Crippen LogP contribution in [0.5, 0.6) is 0 Å². The molecule has 3 heteroatoms. The third-order valence-corrected chi connectivity index (χ3v) is 2.18. The van der Waals surface area contributed by atoms with Gasteiger partial charge >= 0.3 is 5.63 Å². The van der Waals surface area contributed by atoms with Crippen LogP contribution in [-0.4, -0.2) is 6.61 Å². The second-order valence-corrected chi connectivity index (χ2v) is 3.23. The van der Waals surface area contributed by atoms with Crippen LogP contribution in [0.1, 0.15) is 12.5 Å². The number of hydrogen-bond acceptors (Lipinski definition) is 3. The number of hydrogen-bond donors (Lipinski definition) is 0. The molecule has 78 valence electrons. The zero-order valence-corrected chi connectivity index (χ0v) is 8.53. The van der Waals surface area contributed by atoms with Gasteiger partial charge in [0.15, 0.2) is 0 Å². The predicted molar refractivity (Wildman–Crippen MR) is 57.8 cm³/mol. The fraction of sp³-hybridized carbons (Fsp3) is 0.250. The van der Waals surface area contributed by atoms with Crippen LogP contribution in [0.4, 0.5) is 0 Å². The Morgan fingerprint density at radius 3 is 2.93 bits per heavy atom. The standard InChI is InChI=1S/C12H12O3/c1-2-14-8-10-7-9-5-3-4-6-11(9)15-12(10)13/h3-7H,2,8H2,1H3. The minimum Gasteiger partial charge on any atom is -0.422 e. The summed E-state index contributed by atoms with van der Waals surface area (Å²) in [4.78, 5) is 11.5. The summed E-state index contributed by atoms with van der Waals surface area (Å²) >= 11 is 0. The topological polar surface area (TPSA) is 39.4 Å². The van der Waals surface area contributed by atoms with Gasteiger partial charge < -0.3 is 9.15 Å². The molecule has 2 aromatic rings. The van der Waals surface area contributed by atoms with Crippen molar-refractivity contribution in [3.8, 4) is 0 Å². The number of benzene rings is 1. The maximum Gasteiger partial charge on any atom is 0.341 e. The van der Waals surface area contributed by atoms with Gasteiger partial charge in [-0.2, -0.15) is 0 Å². The Kier molecular flexibility index (Phi) is 2.83. The highest BCUT2D eigenvalue weighted by molar-refractivity contribution is 5.76. The fourth-order valence-electron chi connectivity index (χ4n) is 1.42. The number of para-hydroxylation sites is 1. The minimum absolute atomic E-state index is 0.309. The molecule has 0 spiro atoms. The average Bonchev–Trinajstić information content (AvgIpc) is 2.26. The highest BCUT2D eigenvalue weighted by Gasteiger charge is 2.04. The fourth-order valence-corrected chi connectivity index (χ4v) is 1.42. The highest BCUT2D eigenvalue weighted by Crippen LogP contribution is 2.12. The van der Waals surface area contributed by atoms with Crippen molar-refractivity contribution < 1.29 is 9.15 Å². The van der Waals surface area contributed by atoms with Crippen LogP contribution in [-0.2, 0) is 11.3 Å². The number of fused-ring (bicyclic) bond motifs is 1. The zero-order valence-electron chi connectivity index (χ0n) is 8.53. The molecule has 0 amide bonds. The van der Waals surface area contributed by atoms with Gasteiger partial charge in [-0.1, -0.05) is 18.2 Å². The third-order valence-electron chi connectivity index (χ3n) is 2.18. The molecule has 0 bridgehead atoms. The molecule has 0 saturated heterocycles. The van der Waals surface area contributed by atoms with Crippen LogP contribution >= 0.6 is 0 Å². The van der Waals surface area contributed by atoms with Gasteiger partial charge in [-0.3, -0.25) is 0 Å². The van der Waals surface area contributed by atoms with Crippen molar-refractivity contribution in [2.75, 3.05) is 6.61 Å². The second-order valence-electron chi connectivity index (χ2n) is 3.23. The lowest BCUT2D eigenvalue weighted by molar-refractivity contribution is 0.132. The summed E-state index contributed by atoms with van der Waals surface area (Å²) in [6, 6.07) is 9.26. The average molecular weight is 204 g/mol. The van der Waals surface area contributed by atoms with E-state index in [4.69, 9.17) is 9.15 Å². The smallest absolute Gasteiger partial charge is 0.341 e. The van der Waals surface area contributed by atoms with Crippen molar-refractivity contribution in [1.82, 2.24) is 0 Å². The van der Waals surface area contributed by atoms with Crippen molar-refractivity contribution in [1.29, 1.82) is 0 Å². The molecule has 0 unspecified atom stereocenters. The zero-order chi connectivity index (χ0) is 10.7. The second kappa shape index (κ2) is 4.28. The Morgan fingerprint density at radius 1 is 1.33 bits per heavy atom. The van der Waals surface area contributed by atoms with Crippen molar-refractivity contribution in [3.05, 3.63) is 46.3 Å². The molecule has 0 N–H and O–H groups in total. The van der Waals surface area contributed by atoms with Crippen molar-refractivity contribution in [3.63, 3.8) is 0 Å². The monoisotopic (exact) mass is 204 g/mol. The molecular weight excluding hydrogens is 192 g/mol. The maximum absolute atomic E-state index is 11.5. The van der Waals surface area contributed by atoms with Gasteiger partial charge in [0.2, 0.25) is 0 Å². The molecule has 0 atom stereocenters. The van der Waals surface area contributed by atoms with Gasteiger partial charge in [-0.05, 0) is 19.1 Å². The number of ether oxygens (including phenoxy) is 1. The molecular formula is C12H12O3. The van der Waals surface area contributed by atoms with Gasteiger partial charge in [-0.15, -0.1) is 0 Å². The lowest BCUT2D eigenvalue weighted by atomic mass is 10.2. The first-order chi connectivity index (χ1) is 7.31. The Hall–Kier alpha value is -1.61. The summed E-state index contributed by atoms with van der Waals surface area (Å²) in [5.41, 5.74) is 0.862. The van der Waals surface area contributed by atoms with E-state index in [9.17, 15) is 4.79 Å². The minimum atomic E-state index is -0.317.